The van der Waals surface area contributed by atoms with Crippen LogP contribution in [0.25, 0.3) is 22.3 Å². The molecule has 34 heavy (non-hydrogen) atoms. The molecule has 0 atom stereocenters. The molecule has 0 aliphatic rings. The average Bonchev–Trinajstić information content (AvgIpc) is 3.18. The molecule has 4 aromatic rings. The number of hydrogen-bond acceptors (Lipinski definition) is 7. The van der Waals surface area contributed by atoms with Crippen molar-refractivity contribution in [2.45, 2.75) is 26.5 Å². The maximum Gasteiger partial charge on any atom is 0.332 e. The summed E-state index contributed by atoms with van der Waals surface area (Å²) in [7, 11) is 3.03. The van der Waals surface area contributed by atoms with Crippen molar-refractivity contribution in [1.29, 1.82) is 0 Å². The van der Waals surface area contributed by atoms with Crippen LogP contribution in [0.4, 0.5) is 5.95 Å². The van der Waals surface area contributed by atoms with Crippen LogP contribution in [0.3, 0.4) is 0 Å². The van der Waals surface area contributed by atoms with Crippen LogP contribution in [0.1, 0.15) is 19.4 Å². The van der Waals surface area contributed by atoms with E-state index in [9.17, 15) is 14.7 Å². The monoisotopic (exact) mass is 464 g/mol. The third-order valence-corrected chi connectivity index (χ3v) is 5.44. The molecule has 1 aromatic carbocycles. The fraction of sp³-hybridized carbons (Fsp3) is 0.333. The van der Waals surface area contributed by atoms with E-state index in [0.29, 0.717) is 23.9 Å². The van der Waals surface area contributed by atoms with Gasteiger partial charge in [-0.25, -0.2) is 9.78 Å². The Morgan fingerprint density at radius 2 is 1.88 bits per heavy atom. The number of ether oxygens (including phenoxy) is 1. The Kier molecular flexibility index (Phi) is 6.51. The van der Waals surface area contributed by atoms with E-state index in [1.54, 1.807) is 17.8 Å². The standard InChI is InChI=1S/C24H28N6O4/c1-15(2)34-19-9-8-18(13-26-19)17-7-5-6-16(12-17)14-30-20-21(27-23(30)25-10-11-31)28(3)24(33)29(4)22(20)32/h5-9,12-13,15,31H,10-11,14H2,1-4H3,(H,25,27). The molecule has 0 fully saturated rings. The number of aromatic nitrogens is 5. The minimum absolute atomic E-state index is 0.0486. The predicted molar refractivity (Wildman–Crippen MR) is 130 cm³/mol. The van der Waals surface area contributed by atoms with Crippen LogP contribution in [0.2, 0.25) is 0 Å². The molecule has 3 aromatic heterocycles. The van der Waals surface area contributed by atoms with Crippen molar-refractivity contribution >= 4 is 17.1 Å². The average molecular weight is 465 g/mol. The fourth-order valence-corrected chi connectivity index (χ4v) is 3.80. The van der Waals surface area contributed by atoms with Crippen LogP contribution < -0.4 is 21.3 Å². The van der Waals surface area contributed by atoms with Gasteiger partial charge < -0.3 is 15.2 Å². The Morgan fingerprint density at radius 1 is 1.09 bits per heavy atom. The van der Waals surface area contributed by atoms with Gasteiger partial charge in [0.2, 0.25) is 11.8 Å². The van der Waals surface area contributed by atoms with Crippen LogP contribution in [0.15, 0.2) is 52.2 Å². The Labute approximate surface area is 196 Å². The summed E-state index contributed by atoms with van der Waals surface area (Å²) in [6.45, 7) is 4.40. The van der Waals surface area contributed by atoms with Gasteiger partial charge in [-0.05, 0) is 37.1 Å². The second-order valence-electron chi connectivity index (χ2n) is 8.30. The molecule has 0 amide bonds. The first-order chi connectivity index (χ1) is 16.3. The number of pyridine rings is 1. The summed E-state index contributed by atoms with van der Waals surface area (Å²) in [6.07, 6.45) is 1.82. The summed E-state index contributed by atoms with van der Waals surface area (Å²) < 4.78 is 9.78. The number of aryl methyl sites for hydroxylation is 1. The SMILES string of the molecule is CC(C)Oc1ccc(-c2cccc(Cn3c(NCCO)nc4c3c(=O)n(C)c(=O)n4C)c2)cn1. The molecule has 0 saturated heterocycles. The molecule has 178 valence electrons. The number of nitrogens with zero attached hydrogens (tertiary/aromatic N) is 5. The van der Waals surface area contributed by atoms with Gasteiger partial charge in [0, 0.05) is 38.5 Å². The molecule has 10 heteroatoms. The highest BCUT2D eigenvalue weighted by Gasteiger charge is 2.19. The number of imidazole rings is 1. The summed E-state index contributed by atoms with van der Waals surface area (Å²) in [5.41, 5.74) is 2.56. The zero-order valence-electron chi connectivity index (χ0n) is 19.6. The molecule has 0 saturated carbocycles. The molecular weight excluding hydrogens is 436 g/mol. The van der Waals surface area contributed by atoms with Crippen LogP contribution in [0.5, 0.6) is 5.88 Å². The topological polar surface area (TPSA) is 116 Å². The number of hydrogen-bond donors (Lipinski definition) is 2. The van der Waals surface area contributed by atoms with Gasteiger partial charge in [-0.15, -0.1) is 0 Å². The maximum absolute atomic E-state index is 13.0. The van der Waals surface area contributed by atoms with Crippen LogP contribution >= 0.6 is 0 Å². The first-order valence-corrected chi connectivity index (χ1v) is 11.0. The molecule has 4 rings (SSSR count). The van der Waals surface area contributed by atoms with E-state index in [2.05, 4.69) is 15.3 Å². The highest BCUT2D eigenvalue weighted by Crippen LogP contribution is 2.24. The zero-order chi connectivity index (χ0) is 24.4. The van der Waals surface area contributed by atoms with Gasteiger partial charge in [0.1, 0.15) is 0 Å². The highest BCUT2D eigenvalue weighted by atomic mass is 16.5. The van der Waals surface area contributed by atoms with E-state index in [0.717, 1.165) is 21.3 Å². The molecule has 0 spiro atoms. The molecule has 0 radical (unpaired) electrons. The lowest BCUT2D eigenvalue weighted by atomic mass is 10.0. The summed E-state index contributed by atoms with van der Waals surface area (Å²) in [5.74, 6) is 0.977. The first-order valence-electron chi connectivity index (χ1n) is 11.0. The lowest BCUT2D eigenvalue weighted by molar-refractivity contribution is 0.232. The van der Waals surface area contributed by atoms with Crippen LogP contribution in [-0.4, -0.2) is 48.0 Å². The molecule has 0 aliphatic heterocycles. The molecule has 0 unspecified atom stereocenters. The van der Waals surface area contributed by atoms with Crippen molar-refractivity contribution in [2.75, 3.05) is 18.5 Å². The second-order valence-corrected chi connectivity index (χ2v) is 8.30. The van der Waals surface area contributed by atoms with Crippen molar-refractivity contribution < 1.29 is 9.84 Å². The van der Waals surface area contributed by atoms with E-state index in [4.69, 9.17) is 4.74 Å². The van der Waals surface area contributed by atoms with E-state index >= 15 is 0 Å². The molecule has 0 bridgehead atoms. The van der Waals surface area contributed by atoms with Crippen molar-refractivity contribution in [2.24, 2.45) is 14.1 Å². The number of benzene rings is 1. The number of aliphatic hydroxyl groups excluding tert-OH is 1. The minimum Gasteiger partial charge on any atom is -0.475 e. The molecule has 0 aliphatic carbocycles. The molecule has 10 nitrogen and oxygen atoms in total. The van der Waals surface area contributed by atoms with Gasteiger partial charge >= 0.3 is 5.69 Å². The number of aliphatic hydroxyl groups is 1. The zero-order valence-corrected chi connectivity index (χ0v) is 19.6. The van der Waals surface area contributed by atoms with E-state index < -0.39 is 11.2 Å². The summed E-state index contributed by atoms with van der Waals surface area (Å²) in [5, 5.41) is 12.3. The molecule has 2 N–H and O–H groups in total. The smallest absolute Gasteiger partial charge is 0.332 e. The highest BCUT2D eigenvalue weighted by molar-refractivity contribution is 5.74. The quantitative estimate of drug-likeness (QED) is 0.408. The van der Waals surface area contributed by atoms with Crippen molar-refractivity contribution in [3.8, 4) is 17.0 Å². The van der Waals surface area contributed by atoms with Gasteiger partial charge in [0.05, 0.1) is 19.3 Å². The van der Waals surface area contributed by atoms with Gasteiger partial charge in [0.25, 0.3) is 5.56 Å². The van der Waals surface area contributed by atoms with E-state index in [1.165, 1.54) is 11.6 Å². The number of nitrogens with one attached hydrogen (secondary N) is 1. The number of rotatable bonds is 8. The van der Waals surface area contributed by atoms with E-state index in [1.807, 2.05) is 50.2 Å². The van der Waals surface area contributed by atoms with Crippen molar-refractivity contribution in [3.05, 3.63) is 69.0 Å². The van der Waals surface area contributed by atoms with Crippen molar-refractivity contribution in [1.82, 2.24) is 23.7 Å². The van der Waals surface area contributed by atoms with Crippen LogP contribution in [-0.2, 0) is 20.6 Å². The Bertz CT molecular complexity index is 1430. The molecular formula is C24H28N6O4. The molecule has 3 heterocycles. The summed E-state index contributed by atoms with van der Waals surface area (Å²) in [4.78, 5) is 34.2. The fourth-order valence-electron chi connectivity index (χ4n) is 3.80. The summed E-state index contributed by atoms with van der Waals surface area (Å²) in [6, 6.07) is 11.7. The number of anilines is 1. The van der Waals surface area contributed by atoms with Gasteiger partial charge in [-0.2, -0.15) is 4.98 Å². The van der Waals surface area contributed by atoms with E-state index in [-0.39, 0.29) is 24.9 Å². The number of fused-ring (bicyclic) bond motifs is 1. The Balaban J connectivity index is 1.75. The van der Waals surface area contributed by atoms with Gasteiger partial charge in [-0.1, -0.05) is 18.2 Å². The van der Waals surface area contributed by atoms with Gasteiger partial charge in [-0.3, -0.25) is 18.5 Å². The first kappa shape index (κ1) is 23.2. The Morgan fingerprint density at radius 3 is 2.56 bits per heavy atom. The minimum atomic E-state index is -0.449. The van der Waals surface area contributed by atoms with Gasteiger partial charge in [0.15, 0.2) is 11.2 Å². The maximum atomic E-state index is 13.0. The normalized spacial score (nSPS) is 11.4. The largest absolute Gasteiger partial charge is 0.475 e. The Hall–Kier alpha value is -3.92. The van der Waals surface area contributed by atoms with Crippen LogP contribution in [0, 0.1) is 0 Å². The lowest BCUT2D eigenvalue weighted by Gasteiger charge is -2.12. The third-order valence-electron chi connectivity index (χ3n) is 5.44. The second kappa shape index (κ2) is 9.52. The lowest BCUT2D eigenvalue weighted by Crippen LogP contribution is -2.37. The predicted octanol–water partition coefficient (Wildman–Crippen LogP) is 1.74. The third kappa shape index (κ3) is 4.44. The summed E-state index contributed by atoms with van der Waals surface area (Å²) >= 11 is 0. The van der Waals surface area contributed by atoms with Crippen molar-refractivity contribution in [3.63, 3.8) is 0 Å².